The van der Waals surface area contributed by atoms with Gasteiger partial charge in [-0.25, -0.2) is 0 Å². The summed E-state index contributed by atoms with van der Waals surface area (Å²) in [4.78, 5) is 11.6. The topological polar surface area (TPSA) is 42.2 Å². The van der Waals surface area contributed by atoms with E-state index in [9.17, 15) is 4.79 Å². The average molecular weight is 209 g/mol. The lowest BCUT2D eigenvalue weighted by molar-refractivity contribution is 0.0924. The molecule has 15 heavy (non-hydrogen) atoms. The average Bonchev–Trinajstić information content (AvgIpc) is 2.58. The molecule has 0 atom stereocenters. The van der Waals surface area contributed by atoms with Crippen molar-refractivity contribution in [3.63, 3.8) is 0 Å². The van der Waals surface area contributed by atoms with Crippen molar-refractivity contribution in [3.05, 3.63) is 23.7 Å². The Bertz CT molecular complexity index is 315. The third-order valence-electron chi connectivity index (χ3n) is 2.31. The van der Waals surface area contributed by atoms with Gasteiger partial charge in [-0.3, -0.25) is 4.79 Å². The molecular weight excluding hydrogens is 190 g/mol. The summed E-state index contributed by atoms with van der Waals surface area (Å²) in [6.45, 7) is 6.95. The Balaban J connectivity index is 2.28. The molecule has 1 aromatic heterocycles. The maximum atomic E-state index is 11.6. The monoisotopic (exact) mass is 209 g/mol. The Labute approximate surface area is 90.9 Å². The predicted octanol–water partition coefficient (Wildman–Crippen LogP) is 2.75. The van der Waals surface area contributed by atoms with E-state index in [1.807, 2.05) is 6.92 Å². The number of furan rings is 1. The highest BCUT2D eigenvalue weighted by Gasteiger charge is 2.11. The second-order valence-electron chi connectivity index (χ2n) is 4.22. The van der Waals surface area contributed by atoms with E-state index in [0.717, 1.165) is 24.9 Å². The van der Waals surface area contributed by atoms with Crippen molar-refractivity contribution < 1.29 is 9.21 Å². The molecule has 3 heteroatoms. The number of rotatable bonds is 5. The molecule has 0 saturated carbocycles. The van der Waals surface area contributed by atoms with E-state index in [-0.39, 0.29) is 5.91 Å². The largest absolute Gasteiger partial charge is 0.459 e. The predicted molar refractivity (Wildman–Crippen MR) is 59.9 cm³/mol. The van der Waals surface area contributed by atoms with Crippen LogP contribution in [-0.2, 0) is 0 Å². The Kier molecular flexibility index (Phi) is 4.40. The van der Waals surface area contributed by atoms with Crippen molar-refractivity contribution in [2.24, 2.45) is 5.92 Å². The lowest BCUT2D eigenvalue weighted by atomic mass is 10.1. The van der Waals surface area contributed by atoms with Gasteiger partial charge in [0.05, 0.1) is 6.26 Å². The first-order chi connectivity index (χ1) is 7.11. The maximum absolute atomic E-state index is 11.6. The summed E-state index contributed by atoms with van der Waals surface area (Å²) in [5.74, 6) is 1.01. The summed E-state index contributed by atoms with van der Waals surface area (Å²) < 4.78 is 5.09. The molecule has 0 aliphatic rings. The van der Waals surface area contributed by atoms with E-state index >= 15 is 0 Å². The molecule has 0 aliphatic heterocycles. The Hall–Kier alpha value is -1.25. The minimum Gasteiger partial charge on any atom is -0.459 e. The van der Waals surface area contributed by atoms with Crippen LogP contribution in [0, 0.1) is 12.8 Å². The highest BCUT2D eigenvalue weighted by atomic mass is 16.3. The van der Waals surface area contributed by atoms with Gasteiger partial charge in [-0.15, -0.1) is 0 Å². The number of amides is 1. The number of hydrogen-bond acceptors (Lipinski definition) is 2. The molecule has 1 aromatic rings. The van der Waals surface area contributed by atoms with Crippen LogP contribution in [0.4, 0.5) is 0 Å². The minimum absolute atomic E-state index is 0.110. The normalized spacial score (nSPS) is 10.7. The number of nitrogens with one attached hydrogen (secondary N) is 1. The third kappa shape index (κ3) is 3.78. The van der Waals surface area contributed by atoms with Crippen LogP contribution in [-0.4, -0.2) is 12.5 Å². The fraction of sp³-hybridized carbons (Fsp3) is 0.583. The lowest BCUT2D eigenvalue weighted by Gasteiger charge is -2.05. The Morgan fingerprint density at radius 2 is 2.27 bits per heavy atom. The molecule has 0 aliphatic carbocycles. The van der Waals surface area contributed by atoms with Crippen molar-refractivity contribution in [1.29, 1.82) is 0 Å². The number of aryl methyl sites for hydroxylation is 1. The van der Waals surface area contributed by atoms with Crippen LogP contribution >= 0.6 is 0 Å². The SMILES string of the molecule is Cc1ccoc1C(=O)NCCCC(C)C. The molecule has 1 N–H and O–H groups in total. The number of hydrogen-bond donors (Lipinski definition) is 1. The molecule has 0 aromatic carbocycles. The first-order valence-corrected chi connectivity index (χ1v) is 5.43. The highest BCUT2D eigenvalue weighted by Crippen LogP contribution is 2.08. The van der Waals surface area contributed by atoms with Crippen molar-refractivity contribution in [1.82, 2.24) is 5.32 Å². The van der Waals surface area contributed by atoms with Crippen LogP contribution < -0.4 is 5.32 Å². The van der Waals surface area contributed by atoms with E-state index in [1.165, 1.54) is 0 Å². The maximum Gasteiger partial charge on any atom is 0.287 e. The van der Waals surface area contributed by atoms with Crippen LogP contribution in [0.1, 0.15) is 42.8 Å². The highest BCUT2D eigenvalue weighted by molar-refractivity contribution is 5.92. The Morgan fingerprint density at radius 1 is 1.53 bits per heavy atom. The summed E-state index contributed by atoms with van der Waals surface area (Å²) in [5.41, 5.74) is 0.886. The molecule has 1 heterocycles. The zero-order valence-corrected chi connectivity index (χ0v) is 9.67. The first kappa shape index (κ1) is 11.8. The van der Waals surface area contributed by atoms with Crippen molar-refractivity contribution in [2.75, 3.05) is 6.54 Å². The van der Waals surface area contributed by atoms with Crippen molar-refractivity contribution in [3.8, 4) is 0 Å². The molecule has 0 bridgehead atoms. The van der Waals surface area contributed by atoms with Gasteiger partial charge in [-0.05, 0) is 31.7 Å². The van der Waals surface area contributed by atoms with E-state index in [2.05, 4.69) is 19.2 Å². The van der Waals surface area contributed by atoms with Crippen LogP contribution in [0.3, 0.4) is 0 Å². The molecule has 0 saturated heterocycles. The van der Waals surface area contributed by atoms with Gasteiger partial charge >= 0.3 is 0 Å². The second kappa shape index (κ2) is 5.59. The molecule has 0 unspecified atom stereocenters. The second-order valence-corrected chi connectivity index (χ2v) is 4.22. The summed E-state index contributed by atoms with van der Waals surface area (Å²) in [6, 6.07) is 1.79. The summed E-state index contributed by atoms with van der Waals surface area (Å²) >= 11 is 0. The van der Waals surface area contributed by atoms with Gasteiger partial charge in [0.15, 0.2) is 5.76 Å². The number of carbonyl (C=O) groups excluding carboxylic acids is 1. The van der Waals surface area contributed by atoms with E-state index in [1.54, 1.807) is 12.3 Å². The summed E-state index contributed by atoms with van der Waals surface area (Å²) in [6.07, 6.45) is 3.69. The van der Waals surface area contributed by atoms with E-state index in [0.29, 0.717) is 11.7 Å². The van der Waals surface area contributed by atoms with E-state index < -0.39 is 0 Å². The fourth-order valence-electron chi connectivity index (χ4n) is 1.40. The van der Waals surface area contributed by atoms with Crippen LogP contribution in [0.2, 0.25) is 0 Å². The van der Waals surface area contributed by atoms with Crippen molar-refractivity contribution >= 4 is 5.91 Å². The van der Waals surface area contributed by atoms with Gasteiger partial charge in [-0.2, -0.15) is 0 Å². The summed E-state index contributed by atoms with van der Waals surface area (Å²) in [7, 11) is 0. The molecule has 0 fully saturated rings. The van der Waals surface area contributed by atoms with Crippen LogP contribution in [0.25, 0.3) is 0 Å². The summed E-state index contributed by atoms with van der Waals surface area (Å²) in [5, 5.41) is 2.85. The van der Waals surface area contributed by atoms with E-state index in [4.69, 9.17) is 4.42 Å². The fourth-order valence-corrected chi connectivity index (χ4v) is 1.40. The van der Waals surface area contributed by atoms with Crippen molar-refractivity contribution in [2.45, 2.75) is 33.6 Å². The molecule has 84 valence electrons. The van der Waals surface area contributed by atoms with Gasteiger partial charge < -0.3 is 9.73 Å². The minimum atomic E-state index is -0.110. The Morgan fingerprint density at radius 3 is 2.80 bits per heavy atom. The third-order valence-corrected chi connectivity index (χ3v) is 2.31. The van der Waals surface area contributed by atoms with Gasteiger partial charge in [0.1, 0.15) is 0 Å². The smallest absolute Gasteiger partial charge is 0.287 e. The quantitative estimate of drug-likeness (QED) is 0.758. The zero-order chi connectivity index (χ0) is 11.3. The van der Waals surface area contributed by atoms with Gasteiger partial charge in [0.25, 0.3) is 5.91 Å². The standard InChI is InChI=1S/C12H19NO2/c1-9(2)5-4-7-13-12(14)11-10(3)6-8-15-11/h6,8-9H,4-5,7H2,1-3H3,(H,13,14). The van der Waals surface area contributed by atoms with Gasteiger partial charge in [-0.1, -0.05) is 13.8 Å². The molecule has 0 spiro atoms. The molecule has 1 amide bonds. The molecule has 0 radical (unpaired) electrons. The lowest BCUT2D eigenvalue weighted by Crippen LogP contribution is -2.24. The van der Waals surface area contributed by atoms with Crippen LogP contribution in [0.5, 0.6) is 0 Å². The molecular formula is C12H19NO2. The van der Waals surface area contributed by atoms with Gasteiger partial charge in [0.2, 0.25) is 0 Å². The van der Waals surface area contributed by atoms with Crippen LogP contribution in [0.15, 0.2) is 16.7 Å². The first-order valence-electron chi connectivity index (χ1n) is 5.43. The number of carbonyl (C=O) groups is 1. The van der Waals surface area contributed by atoms with Gasteiger partial charge in [0, 0.05) is 12.1 Å². The zero-order valence-electron chi connectivity index (χ0n) is 9.67. The molecule has 3 nitrogen and oxygen atoms in total. The molecule has 1 rings (SSSR count).